The van der Waals surface area contributed by atoms with Crippen LogP contribution in [0, 0.1) is 0 Å². The molecule has 37 heavy (non-hydrogen) atoms. The molecule has 0 saturated heterocycles. The van der Waals surface area contributed by atoms with Gasteiger partial charge in [0.1, 0.15) is 5.75 Å². The molecular formula is C28H28ClNO7. The monoisotopic (exact) mass is 525 g/mol. The SMILES string of the molecule is COc1cc(N/C=C\C(=O)c2ccc(OC)c(Cl)c2)c(/C=C\c2cc(OC)c(OC)c(OC)c2)cc1O. The lowest BCUT2D eigenvalue weighted by atomic mass is 10.1. The van der Waals surface area contributed by atoms with Crippen LogP contribution < -0.4 is 29.0 Å². The van der Waals surface area contributed by atoms with Crippen LogP contribution in [0.4, 0.5) is 5.69 Å². The van der Waals surface area contributed by atoms with Gasteiger partial charge < -0.3 is 34.1 Å². The maximum atomic E-state index is 12.6. The van der Waals surface area contributed by atoms with Crippen LogP contribution in [0.15, 0.2) is 54.7 Å². The lowest BCUT2D eigenvalue weighted by Crippen LogP contribution is -1.98. The molecule has 9 heteroatoms. The third kappa shape index (κ3) is 6.48. The number of phenols is 1. The highest BCUT2D eigenvalue weighted by molar-refractivity contribution is 6.32. The highest BCUT2D eigenvalue weighted by Crippen LogP contribution is 2.39. The van der Waals surface area contributed by atoms with Gasteiger partial charge >= 0.3 is 0 Å². The van der Waals surface area contributed by atoms with Crippen LogP contribution in [0.2, 0.25) is 5.02 Å². The first-order chi connectivity index (χ1) is 17.8. The molecule has 0 aliphatic heterocycles. The van der Waals surface area contributed by atoms with E-state index in [1.807, 2.05) is 6.08 Å². The summed E-state index contributed by atoms with van der Waals surface area (Å²) in [5.41, 5.74) is 2.42. The number of halogens is 1. The summed E-state index contributed by atoms with van der Waals surface area (Å²) in [4.78, 5) is 12.6. The van der Waals surface area contributed by atoms with E-state index in [9.17, 15) is 9.90 Å². The fraction of sp³-hybridized carbons (Fsp3) is 0.179. The van der Waals surface area contributed by atoms with Gasteiger partial charge in [-0.1, -0.05) is 23.8 Å². The summed E-state index contributed by atoms with van der Waals surface area (Å²) in [5.74, 6) is 1.98. The van der Waals surface area contributed by atoms with Crippen molar-refractivity contribution in [3.05, 3.63) is 76.5 Å². The zero-order valence-electron chi connectivity index (χ0n) is 21.1. The fourth-order valence-corrected chi connectivity index (χ4v) is 3.78. The number of hydrogen-bond acceptors (Lipinski definition) is 8. The smallest absolute Gasteiger partial charge is 0.203 e. The number of aromatic hydroxyl groups is 1. The molecule has 3 rings (SSSR count). The first-order valence-corrected chi connectivity index (χ1v) is 11.4. The molecule has 0 aromatic heterocycles. The number of rotatable bonds is 11. The molecule has 0 fully saturated rings. The van der Waals surface area contributed by atoms with Crippen molar-refractivity contribution >= 4 is 35.2 Å². The Balaban J connectivity index is 1.89. The number of hydrogen-bond donors (Lipinski definition) is 2. The predicted octanol–water partition coefficient (Wildman–Crippen LogP) is 6.07. The van der Waals surface area contributed by atoms with E-state index in [0.717, 1.165) is 5.56 Å². The second-order valence-electron chi connectivity index (χ2n) is 7.59. The molecule has 0 amide bonds. The van der Waals surface area contributed by atoms with E-state index in [-0.39, 0.29) is 17.3 Å². The number of nitrogens with one attached hydrogen (secondary N) is 1. The van der Waals surface area contributed by atoms with E-state index in [4.69, 9.17) is 35.3 Å². The molecule has 0 bridgehead atoms. The third-order valence-corrected chi connectivity index (χ3v) is 5.70. The zero-order valence-corrected chi connectivity index (χ0v) is 21.9. The quantitative estimate of drug-likeness (QED) is 0.135. The normalized spacial score (nSPS) is 11.0. The van der Waals surface area contributed by atoms with Crippen molar-refractivity contribution in [2.24, 2.45) is 0 Å². The largest absolute Gasteiger partial charge is 0.504 e. The number of ether oxygens (including phenoxy) is 5. The molecule has 3 aromatic rings. The second-order valence-corrected chi connectivity index (χ2v) is 8.00. The molecule has 0 aliphatic rings. The summed E-state index contributed by atoms with van der Waals surface area (Å²) in [7, 11) is 7.59. The summed E-state index contributed by atoms with van der Waals surface area (Å²) in [6.07, 6.45) is 6.50. The number of carbonyl (C=O) groups is 1. The maximum absolute atomic E-state index is 12.6. The molecule has 0 atom stereocenters. The minimum atomic E-state index is -0.252. The molecule has 0 spiro atoms. The van der Waals surface area contributed by atoms with Crippen LogP contribution in [-0.4, -0.2) is 46.4 Å². The summed E-state index contributed by atoms with van der Waals surface area (Å²) < 4.78 is 26.6. The Morgan fingerprint density at radius 1 is 0.811 bits per heavy atom. The summed E-state index contributed by atoms with van der Waals surface area (Å²) in [6.45, 7) is 0. The minimum absolute atomic E-state index is 0.0366. The van der Waals surface area contributed by atoms with Crippen LogP contribution in [0.3, 0.4) is 0 Å². The predicted molar refractivity (Wildman–Crippen MR) is 145 cm³/mol. The minimum Gasteiger partial charge on any atom is -0.504 e. The number of benzene rings is 3. The van der Waals surface area contributed by atoms with E-state index < -0.39 is 0 Å². The molecule has 8 nitrogen and oxygen atoms in total. The van der Waals surface area contributed by atoms with Crippen molar-refractivity contribution < 1.29 is 33.6 Å². The van der Waals surface area contributed by atoms with Crippen molar-refractivity contribution in [1.82, 2.24) is 0 Å². The van der Waals surface area contributed by atoms with Crippen LogP contribution >= 0.6 is 11.6 Å². The van der Waals surface area contributed by atoms with Gasteiger partial charge in [-0.3, -0.25) is 4.79 Å². The van der Waals surface area contributed by atoms with Gasteiger partial charge in [0, 0.05) is 35.2 Å². The Morgan fingerprint density at radius 2 is 1.46 bits per heavy atom. The molecule has 0 radical (unpaired) electrons. The number of anilines is 1. The van der Waals surface area contributed by atoms with Gasteiger partial charge in [0.15, 0.2) is 28.8 Å². The molecule has 0 aliphatic carbocycles. The van der Waals surface area contributed by atoms with Crippen LogP contribution in [0.1, 0.15) is 21.5 Å². The summed E-state index contributed by atoms with van der Waals surface area (Å²) in [5, 5.41) is 13.8. The van der Waals surface area contributed by atoms with Gasteiger partial charge in [0.05, 0.1) is 40.6 Å². The molecule has 194 valence electrons. The van der Waals surface area contributed by atoms with Crippen molar-refractivity contribution in [3.8, 4) is 34.5 Å². The number of carbonyl (C=O) groups excluding carboxylic acids is 1. The average Bonchev–Trinajstić information content (AvgIpc) is 2.91. The Morgan fingerprint density at radius 3 is 2.03 bits per heavy atom. The molecule has 0 heterocycles. The van der Waals surface area contributed by atoms with Gasteiger partial charge in [-0.15, -0.1) is 0 Å². The number of phenolic OH excluding ortho intramolecular Hbond substituents is 1. The Labute approximate surface area is 220 Å². The van der Waals surface area contributed by atoms with E-state index in [0.29, 0.717) is 44.8 Å². The maximum Gasteiger partial charge on any atom is 0.203 e. The summed E-state index contributed by atoms with van der Waals surface area (Å²) in [6, 6.07) is 11.6. The first kappa shape index (κ1) is 27.3. The van der Waals surface area contributed by atoms with Gasteiger partial charge in [0.2, 0.25) is 5.75 Å². The Kier molecular flexibility index (Phi) is 9.29. The molecule has 2 N–H and O–H groups in total. The topological polar surface area (TPSA) is 95.5 Å². The lowest BCUT2D eigenvalue weighted by molar-refractivity contribution is 0.104. The Bertz CT molecular complexity index is 1310. The van der Waals surface area contributed by atoms with Crippen LogP contribution in [-0.2, 0) is 0 Å². The van der Waals surface area contributed by atoms with Crippen molar-refractivity contribution in [2.45, 2.75) is 0 Å². The van der Waals surface area contributed by atoms with E-state index in [1.54, 1.807) is 62.8 Å². The zero-order chi connectivity index (χ0) is 26.9. The summed E-state index contributed by atoms with van der Waals surface area (Å²) >= 11 is 6.13. The van der Waals surface area contributed by atoms with Crippen LogP contribution in [0.25, 0.3) is 12.2 Å². The number of methoxy groups -OCH3 is 5. The van der Waals surface area contributed by atoms with Gasteiger partial charge in [-0.2, -0.15) is 0 Å². The third-order valence-electron chi connectivity index (χ3n) is 5.40. The molecule has 0 unspecified atom stereocenters. The first-order valence-electron chi connectivity index (χ1n) is 11.0. The van der Waals surface area contributed by atoms with Crippen molar-refractivity contribution in [3.63, 3.8) is 0 Å². The van der Waals surface area contributed by atoms with E-state index >= 15 is 0 Å². The van der Waals surface area contributed by atoms with Gasteiger partial charge in [0.25, 0.3) is 0 Å². The van der Waals surface area contributed by atoms with Crippen LogP contribution in [0.5, 0.6) is 34.5 Å². The highest BCUT2D eigenvalue weighted by Gasteiger charge is 2.13. The number of allylic oxidation sites excluding steroid dienone is 1. The van der Waals surface area contributed by atoms with Gasteiger partial charge in [-0.25, -0.2) is 0 Å². The van der Waals surface area contributed by atoms with Crippen molar-refractivity contribution in [1.29, 1.82) is 0 Å². The standard InChI is InChI=1S/C28H28ClNO7/c1-33-24-9-8-19(14-20(24)29)22(31)10-11-30-21-16-25(34-2)23(32)15-18(21)7-6-17-12-26(35-3)28(37-5)27(13-17)36-4/h6-16,30,32H,1-5H3/b7-6-,11-10-. The lowest BCUT2D eigenvalue weighted by Gasteiger charge is -2.13. The second kappa shape index (κ2) is 12.6. The molecule has 0 saturated carbocycles. The Hall–Kier alpha value is -4.30. The fourth-order valence-electron chi connectivity index (χ4n) is 3.52. The highest BCUT2D eigenvalue weighted by atomic mass is 35.5. The molecular weight excluding hydrogens is 498 g/mol. The van der Waals surface area contributed by atoms with Gasteiger partial charge in [-0.05, 0) is 42.0 Å². The number of ketones is 1. The van der Waals surface area contributed by atoms with E-state index in [2.05, 4.69) is 5.32 Å². The van der Waals surface area contributed by atoms with E-state index in [1.165, 1.54) is 33.6 Å². The molecule has 3 aromatic carbocycles. The average molecular weight is 526 g/mol. The van der Waals surface area contributed by atoms with Crippen molar-refractivity contribution in [2.75, 3.05) is 40.9 Å².